The first-order valence-electron chi connectivity index (χ1n) is 8.47. The Labute approximate surface area is 158 Å². The molecule has 0 aliphatic rings. The van der Waals surface area contributed by atoms with Crippen LogP contribution in [0.25, 0.3) is 0 Å². The molecule has 146 valence electrons. The van der Waals surface area contributed by atoms with Crippen molar-refractivity contribution in [2.75, 3.05) is 6.61 Å². The summed E-state index contributed by atoms with van der Waals surface area (Å²) in [7, 11) is -3.47. The zero-order chi connectivity index (χ0) is 19.9. The number of amides is 1. The van der Waals surface area contributed by atoms with Crippen LogP contribution in [0, 0.1) is 5.82 Å². The molecule has 0 aliphatic heterocycles. The van der Waals surface area contributed by atoms with E-state index in [4.69, 9.17) is 4.74 Å². The van der Waals surface area contributed by atoms with Crippen LogP contribution in [0.4, 0.5) is 4.39 Å². The largest absolute Gasteiger partial charge is 0.484 e. The Hall–Kier alpha value is -2.45. The molecule has 1 amide bonds. The lowest BCUT2D eigenvalue weighted by molar-refractivity contribution is -0.123. The van der Waals surface area contributed by atoms with E-state index < -0.39 is 21.7 Å². The molecule has 27 heavy (non-hydrogen) atoms. The molecule has 6 nitrogen and oxygen atoms in total. The second-order valence-electron chi connectivity index (χ2n) is 6.32. The fourth-order valence-electron chi connectivity index (χ4n) is 2.43. The van der Waals surface area contributed by atoms with Crippen LogP contribution in [0.15, 0.2) is 48.5 Å². The van der Waals surface area contributed by atoms with Crippen molar-refractivity contribution in [1.82, 2.24) is 10.0 Å². The Morgan fingerprint density at radius 1 is 1.11 bits per heavy atom. The zero-order valence-corrected chi connectivity index (χ0v) is 16.1. The van der Waals surface area contributed by atoms with Crippen LogP contribution in [0.2, 0.25) is 0 Å². The SMILES string of the molecule is CC(C)NS(=O)(=O)Cc1ccccc1CNC(=O)COc1cccc(F)c1. The van der Waals surface area contributed by atoms with Crippen LogP contribution in [-0.2, 0) is 27.1 Å². The average Bonchev–Trinajstić information content (AvgIpc) is 2.58. The van der Waals surface area contributed by atoms with Crippen molar-refractivity contribution < 1.29 is 22.3 Å². The lowest BCUT2D eigenvalue weighted by Gasteiger charge is -2.13. The third-order valence-electron chi connectivity index (χ3n) is 3.52. The molecule has 0 aromatic heterocycles. The number of benzene rings is 2. The Morgan fingerprint density at radius 2 is 1.81 bits per heavy atom. The number of nitrogens with one attached hydrogen (secondary N) is 2. The lowest BCUT2D eigenvalue weighted by atomic mass is 10.1. The Kier molecular flexibility index (Phi) is 7.32. The lowest BCUT2D eigenvalue weighted by Crippen LogP contribution is -2.32. The van der Waals surface area contributed by atoms with Crippen LogP contribution >= 0.6 is 0 Å². The number of rotatable bonds is 9. The van der Waals surface area contributed by atoms with Gasteiger partial charge in [0.15, 0.2) is 6.61 Å². The van der Waals surface area contributed by atoms with Gasteiger partial charge in [-0.15, -0.1) is 0 Å². The van der Waals surface area contributed by atoms with E-state index in [0.717, 1.165) is 0 Å². The molecule has 2 N–H and O–H groups in total. The molecular weight excluding hydrogens is 371 g/mol. The van der Waals surface area contributed by atoms with E-state index in [2.05, 4.69) is 10.0 Å². The fraction of sp³-hybridized carbons (Fsp3) is 0.316. The van der Waals surface area contributed by atoms with E-state index in [9.17, 15) is 17.6 Å². The van der Waals surface area contributed by atoms with E-state index in [1.165, 1.54) is 18.2 Å². The van der Waals surface area contributed by atoms with E-state index in [-0.39, 0.29) is 30.7 Å². The van der Waals surface area contributed by atoms with E-state index in [0.29, 0.717) is 11.1 Å². The summed E-state index contributed by atoms with van der Waals surface area (Å²) in [5.41, 5.74) is 1.31. The van der Waals surface area contributed by atoms with Gasteiger partial charge in [-0.3, -0.25) is 4.79 Å². The van der Waals surface area contributed by atoms with Crippen molar-refractivity contribution in [2.24, 2.45) is 0 Å². The van der Waals surface area contributed by atoms with Crippen molar-refractivity contribution in [3.63, 3.8) is 0 Å². The Bertz CT molecular complexity index is 885. The number of ether oxygens (including phenoxy) is 1. The van der Waals surface area contributed by atoms with Crippen LogP contribution in [0.1, 0.15) is 25.0 Å². The first-order valence-corrected chi connectivity index (χ1v) is 10.1. The number of sulfonamides is 1. The van der Waals surface area contributed by atoms with Crippen LogP contribution in [-0.4, -0.2) is 27.0 Å². The zero-order valence-electron chi connectivity index (χ0n) is 15.2. The quantitative estimate of drug-likeness (QED) is 0.684. The highest BCUT2D eigenvalue weighted by Gasteiger charge is 2.15. The van der Waals surface area contributed by atoms with Crippen LogP contribution < -0.4 is 14.8 Å². The molecule has 2 aromatic rings. The molecule has 0 unspecified atom stereocenters. The highest BCUT2D eigenvalue weighted by atomic mass is 32.2. The minimum atomic E-state index is -3.47. The molecule has 0 heterocycles. The maximum Gasteiger partial charge on any atom is 0.258 e. The molecular formula is C19H23FN2O4S. The van der Waals surface area contributed by atoms with Gasteiger partial charge in [0.25, 0.3) is 5.91 Å². The first-order chi connectivity index (χ1) is 12.7. The number of halogens is 1. The second-order valence-corrected chi connectivity index (χ2v) is 8.08. The molecule has 0 atom stereocenters. The molecule has 0 saturated carbocycles. The van der Waals surface area contributed by atoms with Gasteiger partial charge in [-0.25, -0.2) is 17.5 Å². The predicted molar refractivity (Wildman–Crippen MR) is 101 cm³/mol. The minimum absolute atomic E-state index is 0.165. The maximum absolute atomic E-state index is 13.1. The Morgan fingerprint density at radius 3 is 2.48 bits per heavy atom. The third kappa shape index (κ3) is 7.36. The number of hydrogen-bond donors (Lipinski definition) is 2. The summed E-state index contributed by atoms with van der Waals surface area (Å²) in [5.74, 6) is -0.747. The number of hydrogen-bond acceptors (Lipinski definition) is 4. The van der Waals surface area contributed by atoms with Crippen LogP contribution in [0.3, 0.4) is 0 Å². The molecule has 0 spiro atoms. The van der Waals surface area contributed by atoms with Gasteiger partial charge in [0.2, 0.25) is 10.0 Å². The van der Waals surface area contributed by atoms with E-state index in [1.807, 2.05) is 0 Å². The molecule has 0 aliphatic carbocycles. The van der Waals surface area contributed by atoms with Gasteiger partial charge < -0.3 is 10.1 Å². The van der Waals surface area contributed by atoms with Crippen molar-refractivity contribution in [1.29, 1.82) is 0 Å². The monoisotopic (exact) mass is 394 g/mol. The summed E-state index contributed by atoms with van der Waals surface area (Å²) in [6.45, 7) is 3.40. The van der Waals surface area contributed by atoms with E-state index in [1.54, 1.807) is 44.2 Å². The standard InChI is InChI=1S/C19H23FN2O4S/c1-14(2)22-27(24,25)13-16-7-4-3-6-15(16)11-21-19(23)12-26-18-9-5-8-17(20)10-18/h3-10,14,22H,11-13H2,1-2H3,(H,21,23). The normalized spacial score (nSPS) is 11.4. The van der Waals surface area contributed by atoms with Gasteiger partial charge in [0, 0.05) is 18.7 Å². The van der Waals surface area contributed by atoms with Crippen molar-refractivity contribution in [3.05, 3.63) is 65.5 Å². The minimum Gasteiger partial charge on any atom is -0.484 e. The van der Waals surface area contributed by atoms with Gasteiger partial charge >= 0.3 is 0 Å². The molecule has 0 fully saturated rings. The van der Waals surface area contributed by atoms with Crippen molar-refractivity contribution in [2.45, 2.75) is 32.2 Å². The van der Waals surface area contributed by atoms with Crippen molar-refractivity contribution in [3.8, 4) is 5.75 Å². The number of carbonyl (C=O) groups is 1. The molecule has 2 aromatic carbocycles. The molecule has 8 heteroatoms. The topological polar surface area (TPSA) is 84.5 Å². The summed E-state index contributed by atoms with van der Waals surface area (Å²) in [5, 5.41) is 2.68. The summed E-state index contributed by atoms with van der Waals surface area (Å²) in [4.78, 5) is 12.0. The number of carbonyl (C=O) groups excluding carboxylic acids is 1. The van der Waals surface area contributed by atoms with Gasteiger partial charge in [-0.2, -0.15) is 0 Å². The van der Waals surface area contributed by atoms with Gasteiger partial charge in [0.1, 0.15) is 11.6 Å². The van der Waals surface area contributed by atoms with Crippen molar-refractivity contribution >= 4 is 15.9 Å². The van der Waals surface area contributed by atoms with Gasteiger partial charge in [-0.1, -0.05) is 30.3 Å². The summed E-state index contributed by atoms with van der Waals surface area (Å²) >= 11 is 0. The highest BCUT2D eigenvalue weighted by Crippen LogP contribution is 2.13. The summed E-state index contributed by atoms with van der Waals surface area (Å²) < 4.78 is 45.1. The summed E-state index contributed by atoms with van der Waals surface area (Å²) in [6, 6.07) is 12.3. The third-order valence-corrected chi connectivity index (χ3v) is 5.04. The average molecular weight is 394 g/mol. The molecule has 0 saturated heterocycles. The smallest absolute Gasteiger partial charge is 0.258 e. The van der Waals surface area contributed by atoms with Gasteiger partial charge in [-0.05, 0) is 37.1 Å². The Balaban J connectivity index is 1.92. The van der Waals surface area contributed by atoms with Gasteiger partial charge in [0.05, 0.1) is 5.75 Å². The molecule has 0 bridgehead atoms. The van der Waals surface area contributed by atoms with E-state index >= 15 is 0 Å². The second kappa shape index (κ2) is 9.48. The molecule has 0 radical (unpaired) electrons. The highest BCUT2D eigenvalue weighted by molar-refractivity contribution is 7.88. The maximum atomic E-state index is 13.1. The first kappa shape index (κ1) is 20.9. The predicted octanol–water partition coefficient (Wildman–Crippen LogP) is 2.35. The summed E-state index contributed by atoms with van der Waals surface area (Å²) in [6.07, 6.45) is 0. The fourth-order valence-corrected chi connectivity index (χ4v) is 3.92. The molecule has 2 rings (SSSR count). The van der Waals surface area contributed by atoms with Crippen LogP contribution in [0.5, 0.6) is 5.75 Å².